The molecule has 1 fully saturated rings. The van der Waals surface area contributed by atoms with Crippen LogP contribution in [0.25, 0.3) is 6.08 Å². The van der Waals surface area contributed by atoms with Gasteiger partial charge in [-0.1, -0.05) is 44.2 Å². The summed E-state index contributed by atoms with van der Waals surface area (Å²) in [5.41, 5.74) is -1.48. The fraction of sp³-hybridized carbons (Fsp3) is 0.435. The first-order valence-corrected chi connectivity index (χ1v) is 11.1. The number of hydrogen-bond acceptors (Lipinski definition) is 7. The van der Waals surface area contributed by atoms with Crippen molar-refractivity contribution in [3.63, 3.8) is 0 Å². The van der Waals surface area contributed by atoms with Crippen LogP contribution < -0.4 is 10.6 Å². The summed E-state index contributed by atoms with van der Waals surface area (Å²) in [6.45, 7) is 6.85. The molecule has 0 aromatic heterocycles. The number of rotatable bonds is 12. The smallest absolute Gasteiger partial charge is 0.342 e. The molecule has 1 unspecified atom stereocenters. The Morgan fingerprint density at radius 3 is 2.37 bits per heavy atom. The van der Waals surface area contributed by atoms with E-state index in [1.54, 1.807) is 12.1 Å². The number of carbonyl (C=O) groups excluding carboxylic acids is 3. The topological polar surface area (TPSA) is 168 Å². The Labute approximate surface area is 206 Å². The first-order chi connectivity index (χ1) is 16.4. The maximum absolute atomic E-state index is 12.6. The van der Waals surface area contributed by atoms with Crippen LogP contribution in [-0.4, -0.2) is 64.4 Å². The largest absolute Gasteiger partial charge is 0.481 e. The van der Waals surface area contributed by atoms with Gasteiger partial charge in [0.25, 0.3) is 5.91 Å². The second kappa shape index (κ2) is 11.8. The molecule has 190 valence electrons. The number of cyclic esters (lactones) is 1. The molecule has 2 atom stereocenters. The minimum Gasteiger partial charge on any atom is -0.481 e. The second-order valence-electron chi connectivity index (χ2n) is 8.45. The van der Waals surface area contributed by atoms with E-state index in [1.807, 2.05) is 13.8 Å². The minimum absolute atomic E-state index is 0.0206. The lowest BCUT2D eigenvalue weighted by Gasteiger charge is -2.26. The summed E-state index contributed by atoms with van der Waals surface area (Å²) in [6.07, 6.45) is -1.53. The van der Waals surface area contributed by atoms with Crippen LogP contribution in [0.4, 0.5) is 0 Å². The molecule has 2 amide bonds. The molecule has 0 radical (unpaired) electrons. The van der Waals surface area contributed by atoms with Crippen LogP contribution in [0.3, 0.4) is 0 Å². The summed E-state index contributed by atoms with van der Waals surface area (Å²) in [5, 5.41) is 23.7. The van der Waals surface area contributed by atoms with Crippen molar-refractivity contribution in [2.24, 2.45) is 5.92 Å². The van der Waals surface area contributed by atoms with Gasteiger partial charge in [-0.15, -0.1) is 0 Å². The zero-order valence-electron chi connectivity index (χ0n) is 19.2. The molecule has 12 heteroatoms. The van der Waals surface area contributed by atoms with Crippen LogP contribution in [-0.2, 0) is 28.7 Å². The van der Waals surface area contributed by atoms with Gasteiger partial charge in [-0.3, -0.25) is 19.2 Å². The average Bonchev–Trinajstić information content (AvgIpc) is 3.05. The average molecular weight is 511 g/mol. The molecule has 1 saturated heterocycles. The summed E-state index contributed by atoms with van der Waals surface area (Å²) in [4.78, 5) is 60.1. The number of ether oxygens (including phenoxy) is 2. The zero-order chi connectivity index (χ0) is 26.3. The van der Waals surface area contributed by atoms with Crippen molar-refractivity contribution in [1.29, 1.82) is 0 Å². The standard InChI is InChI=1S/C23H27ClN2O9/c1-4-13-5-6-14(24)8-15(13)20(32)25-11-17(27)26-16(7-12(2)3)21-34-22(33)23(35-21,9-18(28)29)10-19(30)31/h4-6,8,12,16,21H,1,7,9-11H2,2-3H3,(H,25,32)(H,26,27)(H,28,29)(H,30,31)/t16?,21-/m1/s1. The third-order valence-electron chi connectivity index (χ3n) is 5.10. The molecule has 0 saturated carbocycles. The SMILES string of the molecule is C=Cc1ccc(Cl)cc1C(=O)NCC(=O)NC(CC(C)C)[C@@H]1OC(=O)C(CC(=O)O)(CC(=O)O)O1. The molecular weight excluding hydrogens is 484 g/mol. The Hall–Kier alpha value is -3.44. The van der Waals surface area contributed by atoms with E-state index in [9.17, 15) is 24.0 Å². The highest BCUT2D eigenvalue weighted by atomic mass is 35.5. The van der Waals surface area contributed by atoms with Crippen LogP contribution in [0, 0.1) is 5.92 Å². The number of carbonyl (C=O) groups is 5. The van der Waals surface area contributed by atoms with Crippen molar-refractivity contribution in [2.75, 3.05) is 6.54 Å². The predicted molar refractivity (Wildman–Crippen MR) is 123 cm³/mol. The molecule has 0 spiro atoms. The van der Waals surface area contributed by atoms with E-state index in [0.29, 0.717) is 10.6 Å². The van der Waals surface area contributed by atoms with Crippen molar-refractivity contribution in [3.05, 3.63) is 40.9 Å². The number of esters is 1. The van der Waals surface area contributed by atoms with E-state index in [2.05, 4.69) is 17.2 Å². The van der Waals surface area contributed by atoms with Crippen LogP contribution >= 0.6 is 11.6 Å². The Balaban J connectivity index is 2.12. The molecule has 1 aliphatic rings. The molecular formula is C23H27ClN2O9. The Kier molecular flexibility index (Phi) is 9.38. The second-order valence-corrected chi connectivity index (χ2v) is 8.89. The lowest BCUT2D eigenvalue weighted by atomic mass is 9.95. The van der Waals surface area contributed by atoms with Crippen LogP contribution in [0.2, 0.25) is 5.02 Å². The van der Waals surface area contributed by atoms with Crippen molar-refractivity contribution in [3.8, 4) is 0 Å². The maximum Gasteiger partial charge on any atom is 0.342 e. The fourth-order valence-corrected chi connectivity index (χ4v) is 3.79. The lowest BCUT2D eigenvalue weighted by Crippen LogP contribution is -2.49. The molecule has 1 heterocycles. The van der Waals surface area contributed by atoms with Gasteiger partial charge in [0.15, 0.2) is 5.60 Å². The molecule has 1 aliphatic heterocycles. The molecule has 1 aromatic carbocycles. The van der Waals surface area contributed by atoms with Crippen LogP contribution in [0.5, 0.6) is 0 Å². The van der Waals surface area contributed by atoms with Crippen molar-refractivity contribution in [2.45, 2.75) is 51.0 Å². The van der Waals surface area contributed by atoms with Crippen molar-refractivity contribution >= 4 is 47.4 Å². The molecule has 0 bridgehead atoms. The summed E-state index contributed by atoms with van der Waals surface area (Å²) < 4.78 is 10.7. The Morgan fingerprint density at radius 2 is 1.83 bits per heavy atom. The van der Waals surface area contributed by atoms with E-state index in [4.69, 9.17) is 31.3 Å². The number of carboxylic acid groups (broad SMARTS) is 2. The number of amides is 2. The van der Waals surface area contributed by atoms with E-state index >= 15 is 0 Å². The summed E-state index contributed by atoms with van der Waals surface area (Å²) in [6, 6.07) is 3.71. The summed E-state index contributed by atoms with van der Waals surface area (Å²) in [7, 11) is 0. The van der Waals surface area contributed by atoms with E-state index < -0.39 is 67.0 Å². The van der Waals surface area contributed by atoms with E-state index in [1.165, 1.54) is 12.1 Å². The van der Waals surface area contributed by atoms with Gasteiger partial charge in [0.1, 0.15) is 0 Å². The number of benzene rings is 1. The number of hydrogen-bond donors (Lipinski definition) is 4. The number of aliphatic carboxylic acids is 2. The highest BCUT2D eigenvalue weighted by Gasteiger charge is 2.55. The van der Waals surface area contributed by atoms with Gasteiger partial charge in [0, 0.05) is 10.6 Å². The van der Waals surface area contributed by atoms with Gasteiger partial charge in [0.2, 0.25) is 12.2 Å². The van der Waals surface area contributed by atoms with Gasteiger partial charge >= 0.3 is 17.9 Å². The minimum atomic E-state index is -2.22. The monoisotopic (exact) mass is 510 g/mol. The quantitative estimate of drug-likeness (QED) is 0.306. The molecule has 11 nitrogen and oxygen atoms in total. The summed E-state index contributed by atoms with van der Waals surface area (Å²) in [5.74, 6) is -5.26. The highest BCUT2D eigenvalue weighted by molar-refractivity contribution is 6.31. The van der Waals surface area contributed by atoms with Gasteiger partial charge in [-0.05, 0) is 30.0 Å². The maximum atomic E-state index is 12.6. The van der Waals surface area contributed by atoms with E-state index in [-0.39, 0.29) is 17.9 Å². The number of nitrogens with one attached hydrogen (secondary N) is 2. The number of halogens is 1. The molecule has 35 heavy (non-hydrogen) atoms. The van der Waals surface area contributed by atoms with Gasteiger partial charge in [0.05, 0.1) is 25.4 Å². The molecule has 0 aliphatic carbocycles. The zero-order valence-corrected chi connectivity index (χ0v) is 20.0. The van der Waals surface area contributed by atoms with Gasteiger partial charge in [-0.2, -0.15) is 0 Å². The van der Waals surface area contributed by atoms with Crippen molar-refractivity contribution < 1.29 is 43.7 Å². The normalized spacial score (nSPS) is 17.4. The van der Waals surface area contributed by atoms with Crippen LogP contribution in [0.1, 0.15) is 49.0 Å². The number of carboxylic acids is 2. The summed E-state index contributed by atoms with van der Waals surface area (Å²) >= 11 is 5.95. The molecule has 1 aromatic rings. The first kappa shape index (κ1) is 27.8. The molecule has 2 rings (SSSR count). The van der Waals surface area contributed by atoms with Crippen molar-refractivity contribution in [1.82, 2.24) is 10.6 Å². The van der Waals surface area contributed by atoms with E-state index in [0.717, 1.165) is 0 Å². The Bertz CT molecular complexity index is 1010. The van der Waals surface area contributed by atoms with Gasteiger partial charge < -0.3 is 30.3 Å². The lowest BCUT2D eigenvalue weighted by molar-refractivity contribution is -0.160. The Morgan fingerprint density at radius 1 is 1.20 bits per heavy atom. The fourth-order valence-electron chi connectivity index (χ4n) is 3.61. The highest BCUT2D eigenvalue weighted by Crippen LogP contribution is 2.34. The predicted octanol–water partition coefficient (Wildman–Crippen LogP) is 1.83. The third-order valence-corrected chi connectivity index (χ3v) is 5.34. The third kappa shape index (κ3) is 7.52. The molecule has 4 N–H and O–H groups in total. The first-order valence-electron chi connectivity index (χ1n) is 10.7. The van der Waals surface area contributed by atoms with Crippen LogP contribution in [0.15, 0.2) is 24.8 Å². The van der Waals surface area contributed by atoms with Gasteiger partial charge in [-0.25, -0.2) is 4.79 Å².